The minimum atomic E-state index is -0.261. The molecule has 2 aromatic rings. The van der Waals surface area contributed by atoms with Gasteiger partial charge in [-0.3, -0.25) is 0 Å². The van der Waals surface area contributed by atoms with Gasteiger partial charge in [0.25, 0.3) is 0 Å². The normalized spacial score (nSPS) is 9.69. The molecule has 0 saturated carbocycles. The quantitative estimate of drug-likeness (QED) is 0.586. The van der Waals surface area contributed by atoms with E-state index < -0.39 is 0 Å². The summed E-state index contributed by atoms with van der Waals surface area (Å²) in [5.74, 6) is 0. The molecule has 0 nitrogen and oxygen atoms in total. The molecule has 0 N–H and O–H groups in total. The molecule has 0 saturated heterocycles. The first-order chi connectivity index (χ1) is 7.42. The predicted molar refractivity (Wildman–Crippen MR) is 78.1 cm³/mol. The first kappa shape index (κ1) is 13.9. The van der Waals surface area contributed by atoms with E-state index >= 15 is 0 Å². The molecule has 16 heavy (non-hydrogen) atoms. The van der Waals surface area contributed by atoms with Gasteiger partial charge in [-0.15, -0.1) is 12.4 Å². The summed E-state index contributed by atoms with van der Waals surface area (Å²) < 4.78 is 2.33. The van der Waals surface area contributed by atoms with Gasteiger partial charge in [-0.1, -0.05) is 0 Å². The molecule has 3 heteroatoms. The van der Waals surface area contributed by atoms with E-state index in [2.05, 4.69) is 64.5 Å². The van der Waals surface area contributed by atoms with Gasteiger partial charge < -0.3 is 0 Å². The SMILES string of the molecule is Cl.[Mg]=[CH]P(c1ccccc1)c1ccccc1. The van der Waals surface area contributed by atoms with Crippen molar-refractivity contribution in [3.8, 4) is 0 Å². The van der Waals surface area contributed by atoms with Gasteiger partial charge in [0.1, 0.15) is 0 Å². The standard InChI is InChI=1S/C13H11P.ClH.Mg/c1-14(12-8-4-2-5-9-12)13-10-6-3-7-11-13;;/h1-11H;1H;. The minimum absolute atomic E-state index is 0. The van der Waals surface area contributed by atoms with Crippen LogP contribution in [0.4, 0.5) is 0 Å². The third-order valence-electron chi connectivity index (χ3n) is 2.25. The van der Waals surface area contributed by atoms with Crippen LogP contribution in [-0.4, -0.2) is 25.1 Å². The molecular formula is C13H12ClMgP. The molecule has 2 aromatic carbocycles. The average molecular weight is 259 g/mol. The van der Waals surface area contributed by atoms with Gasteiger partial charge in [0.15, 0.2) is 0 Å². The van der Waals surface area contributed by atoms with Crippen molar-refractivity contribution in [2.45, 2.75) is 0 Å². The van der Waals surface area contributed by atoms with E-state index in [4.69, 9.17) is 0 Å². The summed E-state index contributed by atoms with van der Waals surface area (Å²) in [6.07, 6.45) is 0. The molecule has 0 aromatic heterocycles. The van der Waals surface area contributed by atoms with Crippen LogP contribution in [0.5, 0.6) is 0 Å². The second kappa shape index (κ2) is 7.19. The molecular weight excluding hydrogens is 247 g/mol. The van der Waals surface area contributed by atoms with Crippen LogP contribution >= 0.6 is 20.3 Å². The maximum absolute atomic E-state index is 2.33. The monoisotopic (exact) mass is 258 g/mol. The zero-order valence-corrected chi connectivity index (χ0v) is 12.0. The Kier molecular flexibility index (Phi) is 6.22. The van der Waals surface area contributed by atoms with Crippen LogP contribution in [0.3, 0.4) is 0 Å². The van der Waals surface area contributed by atoms with Crippen LogP contribution in [0.15, 0.2) is 60.7 Å². The van der Waals surface area contributed by atoms with Crippen LogP contribution in [0, 0.1) is 0 Å². The molecule has 78 valence electrons. The first-order valence-electron chi connectivity index (χ1n) is 4.94. The summed E-state index contributed by atoms with van der Waals surface area (Å²) in [7, 11) is -0.261. The number of benzene rings is 2. The Hall–Kier alpha value is -0.204. The fraction of sp³-hybridized carbons (Fsp3) is 0. The van der Waals surface area contributed by atoms with Gasteiger partial charge >= 0.3 is 104 Å². The van der Waals surface area contributed by atoms with Crippen LogP contribution in [-0.2, 0) is 0 Å². The number of rotatable bonds is 3. The fourth-order valence-electron chi connectivity index (χ4n) is 1.54. The Morgan fingerprint density at radius 3 is 1.44 bits per heavy atom. The van der Waals surface area contributed by atoms with E-state index in [-0.39, 0.29) is 20.3 Å². The Bertz CT molecular complexity index is 391. The zero-order chi connectivity index (χ0) is 10.5. The van der Waals surface area contributed by atoms with Crippen LogP contribution in [0.25, 0.3) is 0 Å². The van der Waals surface area contributed by atoms with Crippen molar-refractivity contribution in [1.82, 2.24) is 0 Å². The van der Waals surface area contributed by atoms with Crippen molar-refractivity contribution in [3.05, 3.63) is 60.7 Å². The maximum atomic E-state index is 2.33. The number of hydrogen-bond acceptors (Lipinski definition) is 0. The molecule has 0 amide bonds. The van der Waals surface area contributed by atoms with Crippen molar-refractivity contribution in [2.24, 2.45) is 0 Å². The van der Waals surface area contributed by atoms with Crippen LogP contribution < -0.4 is 10.6 Å². The molecule has 0 unspecified atom stereocenters. The number of halogens is 1. The Balaban J connectivity index is 0.00000128. The third kappa shape index (κ3) is 3.39. The second-order valence-electron chi connectivity index (χ2n) is 3.22. The van der Waals surface area contributed by atoms with Gasteiger partial charge in [0.05, 0.1) is 0 Å². The molecule has 0 aliphatic carbocycles. The van der Waals surface area contributed by atoms with E-state index in [9.17, 15) is 0 Å². The molecule has 0 spiro atoms. The van der Waals surface area contributed by atoms with Gasteiger partial charge in [-0.05, 0) is 0 Å². The summed E-state index contributed by atoms with van der Waals surface area (Å²) in [5.41, 5.74) is 0. The van der Waals surface area contributed by atoms with Gasteiger partial charge in [-0.25, -0.2) is 0 Å². The van der Waals surface area contributed by atoms with Crippen LogP contribution in [0.1, 0.15) is 0 Å². The predicted octanol–water partition coefficient (Wildman–Crippen LogP) is 2.47. The summed E-state index contributed by atoms with van der Waals surface area (Å²) in [5, 5.41) is 2.85. The topological polar surface area (TPSA) is 0 Å². The van der Waals surface area contributed by atoms with Crippen molar-refractivity contribution in [3.63, 3.8) is 0 Å². The summed E-state index contributed by atoms with van der Waals surface area (Å²) in [6.45, 7) is 0. The van der Waals surface area contributed by atoms with Crippen molar-refractivity contribution in [1.29, 1.82) is 0 Å². The molecule has 0 atom stereocenters. The molecule has 0 aliphatic rings. The molecule has 0 bridgehead atoms. The average Bonchev–Trinajstić information content (AvgIpc) is 2.33. The first-order valence-corrected chi connectivity index (χ1v) is 7.16. The van der Waals surface area contributed by atoms with Gasteiger partial charge in [0, 0.05) is 0 Å². The molecule has 0 heterocycles. The van der Waals surface area contributed by atoms with Crippen molar-refractivity contribution in [2.75, 3.05) is 0 Å². The van der Waals surface area contributed by atoms with E-state index in [1.165, 1.54) is 10.6 Å². The molecule has 0 radical (unpaired) electrons. The fourth-order valence-corrected chi connectivity index (χ4v) is 4.51. The van der Waals surface area contributed by atoms with Gasteiger partial charge in [0.2, 0.25) is 0 Å². The van der Waals surface area contributed by atoms with Crippen LogP contribution in [0.2, 0.25) is 0 Å². The molecule has 0 aliphatic heterocycles. The zero-order valence-electron chi connectivity index (χ0n) is 8.91. The van der Waals surface area contributed by atoms with E-state index in [0.29, 0.717) is 0 Å². The third-order valence-corrected chi connectivity index (χ3v) is 5.42. The summed E-state index contributed by atoms with van der Waals surface area (Å²) >= 11 is 1.94. The van der Waals surface area contributed by atoms with E-state index in [1.807, 2.05) is 21.2 Å². The Morgan fingerprint density at radius 2 is 1.12 bits per heavy atom. The summed E-state index contributed by atoms with van der Waals surface area (Å²) in [4.78, 5) is 0. The van der Waals surface area contributed by atoms with Crippen molar-refractivity contribution >= 4 is 56.1 Å². The number of hydrogen-bond donors (Lipinski definition) is 0. The Labute approximate surface area is 116 Å². The molecule has 2 rings (SSSR count). The van der Waals surface area contributed by atoms with Gasteiger partial charge in [-0.2, -0.15) is 0 Å². The van der Waals surface area contributed by atoms with Crippen molar-refractivity contribution < 1.29 is 0 Å². The van der Waals surface area contributed by atoms with E-state index in [0.717, 1.165) is 0 Å². The second-order valence-corrected chi connectivity index (χ2v) is 6.46. The van der Waals surface area contributed by atoms with E-state index in [1.54, 1.807) is 0 Å². The molecule has 0 fully saturated rings. The Morgan fingerprint density at radius 1 is 0.750 bits per heavy atom. The summed E-state index contributed by atoms with van der Waals surface area (Å²) in [6, 6.07) is 21.4.